The Kier molecular flexibility index (Phi) is 2.44. The molecule has 0 amide bonds. The van der Waals surface area contributed by atoms with Gasteiger partial charge in [-0.15, -0.1) is 0 Å². The van der Waals surface area contributed by atoms with Gasteiger partial charge in [0.25, 0.3) is 0 Å². The van der Waals surface area contributed by atoms with E-state index in [4.69, 9.17) is 23.1 Å². The van der Waals surface area contributed by atoms with Crippen molar-refractivity contribution in [3.8, 4) is 0 Å². The second kappa shape index (κ2) is 3.20. The van der Waals surface area contributed by atoms with Gasteiger partial charge in [0.15, 0.2) is 10.7 Å². The molecule has 0 saturated carbocycles. The molecule has 0 aliphatic heterocycles. The zero-order chi connectivity index (χ0) is 9.30. The zero-order valence-corrected chi connectivity index (χ0v) is 7.60. The minimum Gasteiger partial charge on any atom is -0.397 e. The van der Waals surface area contributed by atoms with Gasteiger partial charge in [0.05, 0.1) is 21.3 Å². The van der Waals surface area contributed by atoms with Gasteiger partial charge in [-0.3, -0.25) is 0 Å². The Morgan fingerprint density at radius 1 is 1.25 bits per heavy atom. The van der Waals surface area contributed by atoms with Gasteiger partial charge in [-0.05, 0) is 12.1 Å². The average Bonchev–Trinajstić information content (AvgIpc) is 1.99. The quantitative estimate of drug-likeness (QED) is 0.461. The molecule has 4 N–H and O–H groups in total. The first-order valence-electron chi connectivity index (χ1n) is 3.01. The predicted octanol–water partition coefficient (Wildman–Crippen LogP) is 0.475. The Balaban J connectivity index is 3.40. The fourth-order valence-electron chi connectivity index (χ4n) is 0.730. The fraction of sp³-hybridized carbons (Fsp3) is 0. The molecule has 12 heavy (non-hydrogen) atoms. The first-order valence-corrected chi connectivity index (χ1v) is 4.57. The Bertz CT molecular complexity index is 358. The predicted molar refractivity (Wildman–Crippen MR) is 48.9 cm³/mol. The Labute approximate surface area is 76.1 Å². The van der Waals surface area contributed by atoms with Gasteiger partial charge in [0.1, 0.15) is 0 Å². The molecule has 0 fully saturated rings. The summed E-state index contributed by atoms with van der Waals surface area (Å²) in [5.41, 5.74) is 11.2. The van der Waals surface area contributed by atoms with Crippen LogP contribution in [0, 0.1) is 0 Å². The summed E-state index contributed by atoms with van der Waals surface area (Å²) in [6, 6.07) is 2.53. The normalized spacial score (nSPS) is 10.5. The second-order valence-corrected chi connectivity index (χ2v) is 3.63. The highest BCUT2D eigenvalue weighted by atomic mass is 35.5. The zero-order valence-electron chi connectivity index (χ0n) is 5.95. The van der Waals surface area contributed by atoms with Gasteiger partial charge in [0, 0.05) is 0 Å². The molecule has 1 aromatic rings. The molecular formula is C6H7ClN2O2S. The minimum absolute atomic E-state index is 0.0710. The van der Waals surface area contributed by atoms with Crippen LogP contribution in [0.25, 0.3) is 0 Å². The van der Waals surface area contributed by atoms with E-state index in [1.807, 2.05) is 0 Å². The van der Waals surface area contributed by atoms with Crippen molar-refractivity contribution in [1.29, 1.82) is 0 Å². The topological polar surface area (TPSA) is 86.2 Å². The number of nitrogen functional groups attached to an aromatic ring is 2. The van der Waals surface area contributed by atoms with Crippen LogP contribution in [0.15, 0.2) is 17.0 Å². The summed E-state index contributed by atoms with van der Waals surface area (Å²) in [5, 5.41) is 0.157. The van der Waals surface area contributed by atoms with Crippen molar-refractivity contribution in [1.82, 2.24) is 0 Å². The van der Waals surface area contributed by atoms with Crippen LogP contribution in [0.3, 0.4) is 0 Å². The summed E-state index contributed by atoms with van der Waals surface area (Å²) in [4.78, 5) is 0.0710. The van der Waals surface area contributed by atoms with Gasteiger partial charge in [-0.1, -0.05) is 11.6 Å². The van der Waals surface area contributed by atoms with Gasteiger partial charge < -0.3 is 11.5 Å². The van der Waals surface area contributed by atoms with E-state index >= 15 is 0 Å². The van der Waals surface area contributed by atoms with Crippen LogP contribution >= 0.6 is 11.6 Å². The summed E-state index contributed by atoms with van der Waals surface area (Å²) >= 11 is 5.59. The molecule has 0 aliphatic carbocycles. The first-order chi connectivity index (χ1) is 5.52. The van der Waals surface area contributed by atoms with Crippen LogP contribution in [0.1, 0.15) is 0 Å². The Morgan fingerprint density at radius 3 is 2.25 bits per heavy atom. The van der Waals surface area contributed by atoms with Crippen LogP contribution in [0.4, 0.5) is 11.4 Å². The first kappa shape index (κ1) is 9.15. The molecule has 1 aromatic carbocycles. The average molecular weight is 207 g/mol. The smallest absolute Gasteiger partial charge is 0.168 e. The van der Waals surface area contributed by atoms with Crippen LogP contribution < -0.4 is 11.5 Å². The third-order valence-corrected chi connectivity index (χ3v) is 2.35. The van der Waals surface area contributed by atoms with E-state index in [0.717, 1.165) is 0 Å². The van der Waals surface area contributed by atoms with Crippen molar-refractivity contribution in [3.05, 3.63) is 17.2 Å². The molecule has 0 radical (unpaired) electrons. The van der Waals surface area contributed by atoms with E-state index in [0.29, 0.717) is 0 Å². The van der Waals surface area contributed by atoms with E-state index in [9.17, 15) is 8.42 Å². The number of anilines is 2. The lowest BCUT2D eigenvalue weighted by molar-refractivity contribution is 0.614. The van der Waals surface area contributed by atoms with Gasteiger partial charge >= 0.3 is 0 Å². The van der Waals surface area contributed by atoms with Crippen molar-refractivity contribution in [2.24, 2.45) is 0 Å². The number of rotatable bonds is 1. The summed E-state index contributed by atoms with van der Waals surface area (Å²) in [5.74, 6) is 0. The molecule has 0 bridgehead atoms. The standard InChI is InChI=1S/C6H7ClN2O2S/c7-4-1-3(12(10)11)2-5(8)6(4)9/h1-2,12H,8-9H2. The molecule has 0 heterocycles. The third kappa shape index (κ3) is 1.62. The van der Waals surface area contributed by atoms with Crippen molar-refractivity contribution in [2.75, 3.05) is 11.5 Å². The lowest BCUT2D eigenvalue weighted by atomic mass is 10.3. The van der Waals surface area contributed by atoms with Crippen molar-refractivity contribution in [2.45, 2.75) is 4.90 Å². The molecular weight excluding hydrogens is 200 g/mol. The van der Waals surface area contributed by atoms with Gasteiger partial charge in [-0.25, -0.2) is 8.42 Å². The molecule has 6 heteroatoms. The molecule has 0 aliphatic rings. The molecule has 1 rings (SSSR count). The number of nitrogens with two attached hydrogens (primary N) is 2. The summed E-state index contributed by atoms with van der Waals surface area (Å²) in [7, 11) is -2.66. The maximum atomic E-state index is 10.5. The van der Waals surface area contributed by atoms with Crippen molar-refractivity contribution in [3.63, 3.8) is 0 Å². The number of hydrogen-bond acceptors (Lipinski definition) is 4. The van der Waals surface area contributed by atoms with Crippen LogP contribution in [0.2, 0.25) is 5.02 Å². The van der Waals surface area contributed by atoms with Crippen molar-refractivity contribution < 1.29 is 8.42 Å². The van der Waals surface area contributed by atoms with Gasteiger partial charge in [-0.2, -0.15) is 0 Å². The number of hydrogen-bond donors (Lipinski definition) is 3. The number of halogens is 1. The van der Waals surface area contributed by atoms with E-state index in [1.165, 1.54) is 12.1 Å². The van der Waals surface area contributed by atoms with E-state index < -0.39 is 10.7 Å². The van der Waals surface area contributed by atoms with E-state index in [-0.39, 0.29) is 21.3 Å². The molecule has 0 unspecified atom stereocenters. The highest BCUT2D eigenvalue weighted by Gasteiger charge is 2.04. The van der Waals surface area contributed by atoms with Crippen LogP contribution in [0.5, 0.6) is 0 Å². The van der Waals surface area contributed by atoms with Crippen LogP contribution in [-0.4, -0.2) is 8.42 Å². The molecule has 66 valence electrons. The van der Waals surface area contributed by atoms with Gasteiger partial charge in [0.2, 0.25) is 0 Å². The Hall–Kier alpha value is -0.940. The third-order valence-electron chi connectivity index (χ3n) is 1.36. The summed E-state index contributed by atoms with van der Waals surface area (Å²) in [6.07, 6.45) is 0. The Morgan fingerprint density at radius 2 is 1.83 bits per heavy atom. The lowest BCUT2D eigenvalue weighted by Gasteiger charge is -2.02. The molecule has 4 nitrogen and oxygen atoms in total. The number of benzene rings is 1. The highest BCUT2D eigenvalue weighted by molar-refractivity contribution is 7.72. The van der Waals surface area contributed by atoms with Crippen LogP contribution in [-0.2, 0) is 10.7 Å². The largest absolute Gasteiger partial charge is 0.397 e. The summed E-state index contributed by atoms with van der Waals surface area (Å²) in [6.45, 7) is 0. The minimum atomic E-state index is -2.66. The molecule has 0 spiro atoms. The molecule has 0 atom stereocenters. The maximum absolute atomic E-state index is 10.5. The molecule has 0 saturated heterocycles. The fourth-order valence-corrected chi connectivity index (χ4v) is 1.51. The monoisotopic (exact) mass is 206 g/mol. The van der Waals surface area contributed by atoms with E-state index in [1.54, 1.807) is 0 Å². The lowest BCUT2D eigenvalue weighted by Crippen LogP contribution is -1.96. The SMILES string of the molecule is Nc1cc([SH](=O)=O)cc(Cl)c1N. The van der Waals surface area contributed by atoms with Crippen molar-refractivity contribution >= 4 is 33.7 Å². The summed E-state index contributed by atoms with van der Waals surface area (Å²) < 4.78 is 21.0. The number of thiol groups is 1. The van der Waals surface area contributed by atoms with E-state index in [2.05, 4.69) is 0 Å². The second-order valence-electron chi connectivity index (χ2n) is 2.19. The highest BCUT2D eigenvalue weighted by Crippen LogP contribution is 2.27. The molecule has 0 aromatic heterocycles. The maximum Gasteiger partial charge on any atom is 0.168 e.